The predicted octanol–water partition coefficient (Wildman–Crippen LogP) is 4.18. The van der Waals surface area contributed by atoms with E-state index in [-0.39, 0.29) is 5.92 Å². The first kappa shape index (κ1) is 11.5. The lowest BCUT2D eigenvalue weighted by atomic mass is 10.00. The maximum Gasteiger partial charge on any atom is 0.0962 e. The Morgan fingerprint density at radius 3 is 2.71 bits per heavy atom. The molecule has 77 valence electrons. The fourth-order valence-corrected chi connectivity index (χ4v) is 1.66. The van der Waals surface area contributed by atoms with E-state index < -0.39 is 6.67 Å². The molecule has 14 heavy (non-hydrogen) atoms. The fraction of sp³-hybridized carbons (Fsp3) is 0.417. The number of alkyl halides is 1. The molecule has 0 bridgehead atoms. The third-order valence-electron chi connectivity index (χ3n) is 2.25. The highest BCUT2D eigenvalue weighted by molar-refractivity contribution is 6.31. The molecule has 0 nitrogen and oxygen atoms in total. The minimum atomic E-state index is -0.441. The first-order valence-corrected chi connectivity index (χ1v) is 5.24. The highest BCUT2D eigenvalue weighted by Gasteiger charge is 2.07. The normalized spacial score (nSPS) is 12.9. The zero-order valence-electron chi connectivity index (χ0n) is 8.39. The number of rotatable bonds is 4. The molecule has 0 spiro atoms. The molecule has 1 aromatic rings. The molecular weight excluding hydrogens is 199 g/mol. The van der Waals surface area contributed by atoms with Crippen molar-refractivity contribution >= 4 is 11.6 Å². The third kappa shape index (κ3) is 2.71. The van der Waals surface area contributed by atoms with Crippen molar-refractivity contribution in [3.05, 3.63) is 41.3 Å². The van der Waals surface area contributed by atoms with Gasteiger partial charge in [0.1, 0.15) is 0 Å². The van der Waals surface area contributed by atoms with Gasteiger partial charge < -0.3 is 0 Å². The highest BCUT2D eigenvalue weighted by atomic mass is 35.5. The van der Waals surface area contributed by atoms with Crippen LogP contribution in [0.15, 0.2) is 18.2 Å². The average Bonchev–Trinajstić information content (AvgIpc) is 2.20. The van der Waals surface area contributed by atoms with Crippen LogP contribution < -0.4 is 0 Å². The second kappa shape index (κ2) is 5.35. The number of halogens is 2. The van der Waals surface area contributed by atoms with Crippen LogP contribution in [-0.4, -0.2) is 6.67 Å². The van der Waals surface area contributed by atoms with Gasteiger partial charge in [-0.1, -0.05) is 37.1 Å². The van der Waals surface area contributed by atoms with Crippen LogP contribution in [0.2, 0.25) is 5.02 Å². The molecule has 1 atom stereocenters. The molecule has 1 unspecified atom stereocenters. The first-order chi connectivity index (χ1) is 6.69. The Kier molecular flexibility index (Phi) is 4.40. The van der Waals surface area contributed by atoms with Gasteiger partial charge in [-0.25, -0.2) is 0 Å². The Morgan fingerprint density at radius 2 is 2.21 bits per heavy atom. The summed E-state index contributed by atoms with van der Waals surface area (Å²) in [5, 5.41) is 0.728. The molecule has 0 heterocycles. The Bertz CT molecular complexity index is 296. The van der Waals surface area contributed by atoms with Gasteiger partial charge in [-0.15, -0.1) is 0 Å². The van der Waals surface area contributed by atoms with Gasteiger partial charge in [0, 0.05) is 10.9 Å². The largest absolute Gasteiger partial charge is 0.250 e. The van der Waals surface area contributed by atoms with Gasteiger partial charge >= 0.3 is 0 Å². The SMILES string of the molecule is [CH2]C(CF)c1ccc(CCC)c(Cl)c1. The van der Waals surface area contributed by atoms with Gasteiger partial charge in [0.15, 0.2) is 0 Å². The summed E-state index contributed by atoms with van der Waals surface area (Å²) >= 11 is 6.06. The summed E-state index contributed by atoms with van der Waals surface area (Å²) in [4.78, 5) is 0. The van der Waals surface area contributed by atoms with Crippen molar-refractivity contribution in [2.24, 2.45) is 0 Å². The van der Waals surface area contributed by atoms with Gasteiger partial charge in [0.2, 0.25) is 0 Å². The second-order valence-corrected chi connectivity index (χ2v) is 3.86. The number of hydrogen-bond acceptors (Lipinski definition) is 0. The molecule has 0 saturated heterocycles. The van der Waals surface area contributed by atoms with Crippen LogP contribution in [0, 0.1) is 6.92 Å². The van der Waals surface area contributed by atoms with Crippen molar-refractivity contribution in [1.29, 1.82) is 0 Å². The first-order valence-electron chi connectivity index (χ1n) is 4.86. The van der Waals surface area contributed by atoms with Crippen LogP contribution in [0.5, 0.6) is 0 Å². The molecule has 1 aromatic carbocycles. The molecule has 0 aromatic heterocycles. The lowest BCUT2D eigenvalue weighted by Crippen LogP contribution is -1.96. The molecular formula is C12H15ClF. The van der Waals surface area contributed by atoms with Crippen molar-refractivity contribution in [2.45, 2.75) is 25.7 Å². The van der Waals surface area contributed by atoms with E-state index in [4.69, 9.17) is 11.6 Å². The van der Waals surface area contributed by atoms with E-state index in [1.807, 2.05) is 18.2 Å². The lowest BCUT2D eigenvalue weighted by molar-refractivity contribution is 0.465. The lowest BCUT2D eigenvalue weighted by Gasteiger charge is -2.09. The van der Waals surface area contributed by atoms with E-state index in [1.54, 1.807) is 0 Å². The Balaban J connectivity index is 2.88. The van der Waals surface area contributed by atoms with Crippen LogP contribution in [0.25, 0.3) is 0 Å². The van der Waals surface area contributed by atoms with Gasteiger partial charge in [-0.2, -0.15) is 0 Å². The van der Waals surface area contributed by atoms with Gasteiger partial charge in [0.25, 0.3) is 0 Å². The quantitative estimate of drug-likeness (QED) is 0.704. The fourth-order valence-electron chi connectivity index (χ4n) is 1.38. The van der Waals surface area contributed by atoms with Gasteiger partial charge in [0.05, 0.1) is 6.67 Å². The van der Waals surface area contributed by atoms with E-state index in [1.165, 1.54) is 0 Å². The summed E-state index contributed by atoms with van der Waals surface area (Å²) in [7, 11) is 0. The number of aryl methyl sites for hydroxylation is 1. The summed E-state index contributed by atoms with van der Waals surface area (Å²) in [6.45, 7) is 5.38. The molecule has 1 rings (SSSR count). The smallest absolute Gasteiger partial charge is 0.0962 e. The van der Waals surface area contributed by atoms with Crippen LogP contribution in [0.1, 0.15) is 30.4 Å². The van der Waals surface area contributed by atoms with Gasteiger partial charge in [-0.3, -0.25) is 4.39 Å². The zero-order valence-corrected chi connectivity index (χ0v) is 9.15. The Hall–Kier alpha value is -0.560. The summed E-state index contributed by atoms with van der Waals surface area (Å²) < 4.78 is 12.3. The molecule has 2 heteroatoms. The van der Waals surface area contributed by atoms with Gasteiger partial charge in [-0.05, 0) is 30.5 Å². The van der Waals surface area contributed by atoms with Crippen molar-refractivity contribution in [3.8, 4) is 0 Å². The summed E-state index contributed by atoms with van der Waals surface area (Å²) in [5.41, 5.74) is 2.00. The molecule has 0 amide bonds. The van der Waals surface area contributed by atoms with Crippen LogP contribution in [0.4, 0.5) is 4.39 Å². The molecule has 0 aliphatic carbocycles. The van der Waals surface area contributed by atoms with E-state index in [9.17, 15) is 4.39 Å². The van der Waals surface area contributed by atoms with E-state index >= 15 is 0 Å². The molecule has 0 saturated carbocycles. The summed E-state index contributed by atoms with van der Waals surface area (Å²) in [6.07, 6.45) is 2.03. The average molecular weight is 214 g/mol. The molecule has 0 N–H and O–H groups in total. The maximum atomic E-state index is 12.3. The van der Waals surface area contributed by atoms with E-state index in [2.05, 4.69) is 13.8 Å². The van der Waals surface area contributed by atoms with E-state index in [0.717, 1.165) is 29.0 Å². The third-order valence-corrected chi connectivity index (χ3v) is 2.61. The van der Waals surface area contributed by atoms with E-state index in [0.29, 0.717) is 0 Å². The van der Waals surface area contributed by atoms with Crippen LogP contribution >= 0.6 is 11.6 Å². The minimum Gasteiger partial charge on any atom is -0.250 e. The summed E-state index contributed by atoms with van der Waals surface area (Å²) in [6, 6.07) is 5.70. The number of benzene rings is 1. The highest BCUT2D eigenvalue weighted by Crippen LogP contribution is 2.24. The second-order valence-electron chi connectivity index (χ2n) is 3.45. The Labute approximate surface area is 90.1 Å². The predicted molar refractivity (Wildman–Crippen MR) is 59.5 cm³/mol. The number of hydrogen-bond donors (Lipinski definition) is 0. The standard InChI is InChI=1S/C12H15ClF/c1-3-4-10-5-6-11(7-12(10)13)9(2)8-14/h5-7,9H,2-4,8H2,1H3. The minimum absolute atomic E-state index is 0.303. The van der Waals surface area contributed by atoms with Crippen molar-refractivity contribution in [1.82, 2.24) is 0 Å². The summed E-state index contributed by atoms with van der Waals surface area (Å²) in [5.74, 6) is -0.303. The molecule has 0 aliphatic rings. The molecule has 0 aliphatic heterocycles. The molecule has 0 fully saturated rings. The van der Waals surface area contributed by atoms with Crippen molar-refractivity contribution < 1.29 is 4.39 Å². The van der Waals surface area contributed by atoms with Crippen LogP contribution in [0.3, 0.4) is 0 Å². The van der Waals surface area contributed by atoms with Crippen molar-refractivity contribution in [3.63, 3.8) is 0 Å². The van der Waals surface area contributed by atoms with Crippen LogP contribution in [-0.2, 0) is 6.42 Å². The zero-order chi connectivity index (χ0) is 10.6. The molecule has 1 radical (unpaired) electrons. The topological polar surface area (TPSA) is 0 Å². The monoisotopic (exact) mass is 213 g/mol. The Morgan fingerprint density at radius 1 is 1.50 bits per heavy atom. The van der Waals surface area contributed by atoms with Crippen molar-refractivity contribution in [2.75, 3.05) is 6.67 Å². The maximum absolute atomic E-state index is 12.3.